The molecule has 2 heterocycles. The molecular weight excluding hydrogens is 375 g/mol. The third-order valence-corrected chi connectivity index (χ3v) is 5.75. The zero-order valence-corrected chi connectivity index (χ0v) is 15.8. The number of rotatable bonds is 5. The van der Waals surface area contributed by atoms with Crippen LogP contribution in [-0.4, -0.2) is 55.5 Å². The number of benzene rings is 1. The van der Waals surface area contributed by atoms with Crippen LogP contribution >= 0.6 is 11.3 Å². The van der Waals surface area contributed by atoms with Gasteiger partial charge in [0.2, 0.25) is 0 Å². The minimum atomic E-state index is -4.40. The maximum atomic E-state index is 12.7. The van der Waals surface area contributed by atoms with Crippen molar-refractivity contribution in [3.8, 4) is 0 Å². The van der Waals surface area contributed by atoms with Gasteiger partial charge in [0, 0.05) is 43.2 Å². The Balaban J connectivity index is 1.65. The van der Waals surface area contributed by atoms with E-state index in [1.165, 1.54) is 17.0 Å². The number of amides is 1. The van der Waals surface area contributed by atoms with Crippen molar-refractivity contribution in [2.75, 3.05) is 39.8 Å². The summed E-state index contributed by atoms with van der Waals surface area (Å²) in [5.41, 5.74) is -0.528. The van der Waals surface area contributed by atoms with Crippen molar-refractivity contribution in [3.05, 3.63) is 57.8 Å². The van der Waals surface area contributed by atoms with Crippen LogP contribution in [0.2, 0.25) is 0 Å². The molecule has 3 rings (SSSR count). The van der Waals surface area contributed by atoms with E-state index in [2.05, 4.69) is 28.2 Å². The number of hydrogen-bond donors (Lipinski definition) is 1. The first-order valence-electron chi connectivity index (χ1n) is 8.76. The van der Waals surface area contributed by atoms with Gasteiger partial charge in [-0.15, -0.1) is 11.3 Å². The van der Waals surface area contributed by atoms with Crippen LogP contribution in [0.15, 0.2) is 41.8 Å². The van der Waals surface area contributed by atoms with Gasteiger partial charge in [0.05, 0.1) is 11.6 Å². The van der Waals surface area contributed by atoms with E-state index >= 15 is 0 Å². The third kappa shape index (κ3) is 5.09. The number of nitrogens with zero attached hydrogens (tertiary/aromatic N) is 2. The third-order valence-electron chi connectivity index (χ3n) is 4.78. The Bertz CT molecular complexity index is 739. The smallest absolute Gasteiger partial charge is 0.350 e. The second kappa shape index (κ2) is 8.41. The molecule has 1 unspecified atom stereocenters. The summed E-state index contributed by atoms with van der Waals surface area (Å²) in [6.07, 6.45) is -4.40. The molecule has 1 aliphatic rings. The molecule has 0 bridgehead atoms. The average molecular weight is 397 g/mol. The number of carbonyl (C=O) groups excluding carboxylic acids is 1. The number of halogens is 3. The normalized spacial score (nSPS) is 17.6. The predicted octanol–water partition coefficient (Wildman–Crippen LogP) is 3.49. The number of thiophene rings is 1. The van der Waals surface area contributed by atoms with E-state index in [0.29, 0.717) is 6.54 Å². The Morgan fingerprint density at radius 3 is 2.37 bits per heavy atom. The van der Waals surface area contributed by atoms with Gasteiger partial charge in [0.25, 0.3) is 5.91 Å². The molecule has 146 valence electrons. The lowest BCUT2D eigenvalue weighted by atomic mass is 10.1. The number of alkyl halides is 3. The van der Waals surface area contributed by atoms with Crippen LogP contribution in [0, 0.1) is 0 Å². The molecule has 0 spiro atoms. The van der Waals surface area contributed by atoms with Crippen molar-refractivity contribution in [1.82, 2.24) is 15.1 Å². The molecule has 1 N–H and O–H groups in total. The monoisotopic (exact) mass is 397 g/mol. The number of likely N-dealkylation sites (N-methyl/N-ethyl adjacent to an activating group) is 1. The number of piperazine rings is 1. The van der Waals surface area contributed by atoms with E-state index in [-0.39, 0.29) is 17.5 Å². The fourth-order valence-corrected chi connectivity index (χ4v) is 3.99. The van der Waals surface area contributed by atoms with Crippen molar-refractivity contribution in [3.63, 3.8) is 0 Å². The first kappa shape index (κ1) is 19.9. The van der Waals surface area contributed by atoms with Crippen molar-refractivity contribution >= 4 is 17.2 Å². The Labute approximate surface area is 160 Å². The summed E-state index contributed by atoms with van der Waals surface area (Å²) in [5.74, 6) is -0.362. The highest BCUT2D eigenvalue weighted by atomic mass is 32.1. The lowest BCUT2D eigenvalue weighted by molar-refractivity contribution is -0.137. The van der Waals surface area contributed by atoms with Crippen molar-refractivity contribution < 1.29 is 18.0 Å². The van der Waals surface area contributed by atoms with Gasteiger partial charge in [-0.2, -0.15) is 13.2 Å². The fraction of sp³-hybridized carbons (Fsp3) is 0.421. The highest BCUT2D eigenvalue weighted by Crippen LogP contribution is 2.29. The average Bonchev–Trinajstić information content (AvgIpc) is 3.17. The molecule has 2 aromatic rings. The molecule has 1 amide bonds. The second-order valence-corrected chi connectivity index (χ2v) is 7.63. The molecule has 1 aliphatic heterocycles. The van der Waals surface area contributed by atoms with Crippen molar-refractivity contribution in [2.24, 2.45) is 0 Å². The van der Waals surface area contributed by atoms with Crippen LogP contribution in [0.5, 0.6) is 0 Å². The van der Waals surface area contributed by atoms with Gasteiger partial charge in [-0.25, -0.2) is 0 Å². The molecule has 0 saturated carbocycles. The largest absolute Gasteiger partial charge is 0.416 e. The van der Waals surface area contributed by atoms with E-state index < -0.39 is 11.7 Å². The topological polar surface area (TPSA) is 35.6 Å². The highest BCUT2D eigenvalue weighted by Gasteiger charge is 2.30. The molecule has 27 heavy (non-hydrogen) atoms. The lowest BCUT2D eigenvalue weighted by Crippen LogP contribution is -2.48. The Morgan fingerprint density at radius 1 is 1.15 bits per heavy atom. The summed E-state index contributed by atoms with van der Waals surface area (Å²) in [6, 6.07) is 8.41. The molecule has 1 aromatic heterocycles. The highest BCUT2D eigenvalue weighted by molar-refractivity contribution is 7.10. The van der Waals surface area contributed by atoms with E-state index in [1.807, 2.05) is 11.4 Å². The Hall–Kier alpha value is -1.90. The van der Waals surface area contributed by atoms with Gasteiger partial charge in [-0.05, 0) is 42.8 Å². The summed E-state index contributed by atoms with van der Waals surface area (Å²) in [7, 11) is 2.09. The van der Waals surface area contributed by atoms with Gasteiger partial charge in [0.15, 0.2) is 0 Å². The minimum absolute atomic E-state index is 0.0668. The van der Waals surface area contributed by atoms with Crippen molar-refractivity contribution in [2.45, 2.75) is 12.2 Å². The molecular formula is C19H22F3N3OS. The summed E-state index contributed by atoms with van der Waals surface area (Å²) < 4.78 is 38.0. The number of nitrogens with one attached hydrogen (secondary N) is 1. The van der Waals surface area contributed by atoms with E-state index in [1.54, 1.807) is 11.3 Å². The fourth-order valence-electron chi connectivity index (χ4n) is 3.13. The second-order valence-electron chi connectivity index (χ2n) is 6.66. The Kier molecular flexibility index (Phi) is 6.18. The molecule has 1 atom stereocenters. The van der Waals surface area contributed by atoms with Gasteiger partial charge in [-0.3, -0.25) is 9.69 Å². The zero-order valence-electron chi connectivity index (χ0n) is 15.0. The maximum Gasteiger partial charge on any atom is 0.416 e. The SMILES string of the molecule is CN1CCN(C(CNC(=O)c2ccc(C(F)(F)F)cc2)c2cccs2)CC1. The number of carbonyl (C=O) groups is 1. The van der Waals surface area contributed by atoms with Gasteiger partial charge in [-0.1, -0.05) is 6.07 Å². The Morgan fingerprint density at radius 2 is 1.81 bits per heavy atom. The summed E-state index contributed by atoms with van der Waals surface area (Å²) in [4.78, 5) is 18.2. The molecule has 4 nitrogen and oxygen atoms in total. The van der Waals surface area contributed by atoms with Gasteiger partial charge in [0.1, 0.15) is 0 Å². The predicted molar refractivity (Wildman–Crippen MR) is 99.9 cm³/mol. The molecule has 1 fully saturated rings. The summed E-state index contributed by atoms with van der Waals surface area (Å²) >= 11 is 1.65. The van der Waals surface area contributed by atoms with Crippen molar-refractivity contribution in [1.29, 1.82) is 0 Å². The molecule has 0 radical (unpaired) electrons. The first-order chi connectivity index (χ1) is 12.8. The van der Waals surface area contributed by atoms with E-state index in [4.69, 9.17) is 0 Å². The van der Waals surface area contributed by atoms with Crippen LogP contribution < -0.4 is 5.32 Å². The quantitative estimate of drug-likeness (QED) is 0.839. The van der Waals surface area contributed by atoms with E-state index in [0.717, 1.165) is 38.3 Å². The van der Waals surface area contributed by atoms with Crippen LogP contribution in [0.25, 0.3) is 0 Å². The van der Waals surface area contributed by atoms with Crippen LogP contribution in [0.1, 0.15) is 26.8 Å². The maximum absolute atomic E-state index is 12.7. The number of hydrogen-bond acceptors (Lipinski definition) is 4. The summed E-state index contributed by atoms with van der Waals surface area (Å²) in [6.45, 7) is 4.18. The van der Waals surface area contributed by atoms with Crippen LogP contribution in [0.4, 0.5) is 13.2 Å². The standard InChI is InChI=1S/C19H22F3N3OS/c1-24-8-10-25(11-9-24)16(17-3-2-12-27-17)13-23-18(26)14-4-6-15(7-5-14)19(20,21)22/h2-7,12,16H,8-11,13H2,1H3,(H,23,26). The van der Waals surface area contributed by atoms with E-state index in [9.17, 15) is 18.0 Å². The van der Waals surface area contributed by atoms with Crippen LogP contribution in [0.3, 0.4) is 0 Å². The summed E-state index contributed by atoms with van der Waals surface area (Å²) in [5, 5.41) is 4.90. The van der Waals surface area contributed by atoms with Crippen LogP contribution in [-0.2, 0) is 6.18 Å². The molecule has 8 heteroatoms. The first-order valence-corrected chi connectivity index (χ1v) is 9.64. The molecule has 0 aliphatic carbocycles. The van der Waals surface area contributed by atoms with Gasteiger partial charge < -0.3 is 10.2 Å². The molecule has 1 saturated heterocycles. The lowest BCUT2D eigenvalue weighted by Gasteiger charge is -2.37. The zero-order chi connectivity index (χ0) is 19.4. The molecule has 1 aromatic carbocycles. The minimum Gasteiger partial charge on any atom is -0.350 e. The van der Waals surface area contributed by atoms with Gasteiger partial charge >= 0.3 is 6.18 Å².